The number of hydrogen-bond donors (Lipinski definition) is 1. The van der Waals surface area contributed by atoms with Crippen molar-refractivity contribution in [2.75, 3.05) is 26.3 Å². The van der Waals surface area contributed by atoms with E-state index in [4.69, 9.17) is 4.74 Å². The van der Waals surface area contributed by atoms with E-state index in [9.17, 15) is 4.79 Å². The molecule has 0 aliphatic carbocycles. The van der Waals surface area contributed by atoms with Crippen LogP contribution in [0, 0.1) is 12.8 Å². The van der Waals surface area contributed by atoms with Gasteiger partial charge < -0.3 is 10.1 Å². The summed E-state index contributed by atoms with van der Waals surface area (Å²) >= 11 is 1.76. The first kappa shape index (κ1) is 16.4. The van der Waals surface area contributed by atoms with Gasteiger partial charge in [-0.05, 0) is 26.2 Å². The lowest BCUT2D eigenvalue weighted by atomic mass is 9.94. The number of aromatic nitrogens is 1. The lowest BCUT2D eigenvalue weighted by Crippen LogP contribution is -2.50. The Bertz CT molecular complexity index is 464. The molecule has 5 nitrogen and oxygen atoms in total. The molecule has 1 aliphatic rings. The number of carbonyl (C=O) groups excluding carboxylic acids is 1. The molecule has 0 unspecified atom stereocenters. The number of nitrogens with zero attached hydrogens (tertiary/aromatic N) is 2. The van der Waals surface area contributed by atoms with Crippen molar-refractivity contribution in [3.63, 3.8) is 0 Å². The van der Waals surface area contributed by atoms with Crippen LogP contribution in [-0.4, -0.2) is 48.1 Å². The molecule has 0 radical (unpaired) electrons. The topological polar surface area (TPSA) is 54.5 Å². The van der Waals surface area contributed by atoms with Gasteiger partial charge in [0.05, 0.1) is 5.01 Å². The molecule has 1 fully saturated rings. The number of aryl methyl sites for hydroxylation is 1. The number of nitrogens with one attached hydrogen (secondary N) is 1. The van der Waals surface area contributed by atoms with Gasteiger partial charge in [-0.2, -0.15) is 0 Å². The van der Waals surface area contributed by atoms with Gasteiger partial charge in [0.15, 0.2) is 0 Å². The maximum absolute atomic E-state index is 11.7. The van der Waals surface area contributed by atoms with Crippen LogP contribution in [0.5, 0.6) is 0 Å². The van der Waals surface area contributed by atoms with Crippen LogP contribution in [0.15, 0.2) is 6.20 Å². The van der Waals surface area contributed by atoms with E-state index in [1.54, 1.807) is 11.3 Å². The van der Waals surface area contributed by atoms with Crippen molar-refractivity contribution in [1.82, 2.24) is 15.2 Å². The van der Waals surface area contributed by atoms with Crippen LogP contribution in [0.1, 0.15) is 30.2 Å². The monoisotopic (exact) mass is 311 g/mol. The Morgan fingerprint density at radius 2 is 2.43 bits per heavy atom. The van der Waals surface area contributed by atoms with Crippen LogP contribution in [0.4, 0.5) is 0 Å². The summed E-state index contributed by atoms with van der Waals surface area (Å²) in [6, 6.07) is 0.261. The van der Waals surface area contributed by atoms with Crippen LogP contribution >= 0.6 is 11.3 Å². The van der Waals surface area contributed by atoms with Crippen molar-refractivity contribution in [3.8, 4) is 0 Å². The van der Waals surface area contributed by atoms with Gasteiger partial charge in [0.2, 0.25) is 5.91 Å². The number of amides is 1. The van der Waals surface area contributed by atoms with Gasteiger partial charge in [-0.25, -0.2) is 4.98 Å². The third kappa shape index (κ3) is 5.05. The molecule has 0 spiro atoms. The molecule has 2 atom stereocenters. The summed E-state index contributed by atoms with van der Waals surface area (Å²) < 4.78 is 5.15. The number of hydrogen-bond acceptors (Lipinski definition) is 5. The van der Waals surface area contributed by atoms with Crippen LogP contribution in [0.2, 0.25) is 0 Å². The minimum Gasteiger partial charge on any atom is -0.372 e. The van der Waals surface area contributed by atoms with Gasteiger partial charge in [0, 0.05) is 43.4 Å². The molecule has 21 heavy (non-hydrogen) atoms. The highest BCUT2D eigenvalue weighted by molar-refractivity contribution is 7.11. The molecule has 1 saturated heterocycles. The Morgan fingerprint density at radius 1 is 1.62 bits per heavy atom. The molecular weight excluding hydrogens is 286 g/mol. The Labute approximate surface area is 130 Å². The first-order valence-electron chi connectivity index (χ1n) is 7.59. The number of carbonyl (C=O) groups is 1. The van der Waals surface area contributed by atoms with Crippen LogP contribution in [-0.2, 0) is 16.1 Å². The maximum Gasteiger partial charge on any atom is 0.246 e. The molecule has 1 aromatic heterocycles. The van der Waals surface area contributed by atoms with Gasteiger partial charge >= 0.3 is 0 Å². The summed E-state index contributed by atoms with van der Waals surface area (Å²) in [5.74, 6) is 0.457. The highest BCUT2D eigenvalue weighted by atomic mass is 32.1. The van der Waals surface area contributed by atoms with Crippen LogP contribution < -0.4 is 5.32 Å². The molecule has 6 heteroatoms. The van der Waals surface area contributed by atoms with Gasteiger partial charge in [0.1, 0.15) is 6.61 Å². The summed E-state index contributed by atoms with van der Waals surface area (Å²) in [5, 5.41) is 4.21. The fourth-order valence-corrected chi connectivity index (χ4v) is 3.57. The zero-order valence-electron chi connectivity index (χ0n) is 13.1. The Balaban J connectivity index is 1.77. The number of rotatable bonds is 6. The maximum atomic E-state index is 11.7. The van der Waals surface area contributed by atoms with E-state index in [1.807, 2.05) is 20.0 Å². The predicted molar refractivity (Wildman–Crippen MR) is 84.3 cm³/mol. The van der Waals surface area contributed by atoms with E-state index in [0.717, 1.165) is 31.1 Å². The Morgan fingerprint density at radius 3 is 3.05 bits per heavy atom. The van der Waals surface area contributed by atoms with E-state index in [-0.39, 0.29) is 18.6 Å². The van der Waals surface area contributed by atoms with Gasteiger partial charge in [-0.1, -0.05) is 6.92 Å². The molecule has 2 rings (SSSR count). The molecule has 1 amide bonds. The average Bonchev–Trinajstić information content (AvgIpc) is 2.85. The molecule has 1 N–H and O–H groups in total. The summed E-state index contributed by atoms with van der Waals surface area (Å²) in [4.78, 5) is 19.8. The van der Waals surface area contributed by atoms with E-state index in [2.05, 4.69) is 22.1 Å². The molecule has 118 valence electrons. The number of likely N-dealkylation sites (tertiary alicyclic amines) is 1. The molecule has 1 aliphatic heterocycles. The van der Waals surface area contributed by atoms with Crippen molar-refractivity contribution in [1.29, 1.82) is 0 Å². The average molecular weight is 311 g/mol. The molecule has 0 aromatic carbocycles. The SMILES string of the molecule is CCOCC(=O)N[C@@H]1CCN(Cc2cnc(C)s2)C[C@H]1C. The quantitative estimate of drug-likeness (QED) is 0.870. The predicted octanol–water partition coefficient (Wildman–Crippen LogP) is 1.81. The fraction of sp³-hybridized carbons (Fsp3) is 0.733. The molecule has 0 bridgehead atoms. The third-order valence-corrected chi connectivity index (χ3v) is 4.72. The molecule has 0 saturated carbocycles. The minimum absolute atomic E-state index is 0.000214. The first-order chi connectivity index (χ1) is 10.1. The molecular formula is C15H25N3O2S. The van der Waals surface area contributed by atoms with E-state index in [1.165, 1.54) is 4.88 Å². The summed E-state index contributed by atoms with van der Waals surface area (Å²) in [6.45, 7) is 9.88. The lowest BCUT2D eigenvalue weighted by molar-refractivity contribution is -0.127. The second-order valence-electron chi connectivity index (χ2n) is 5.66. The third-order valence-electron chi connectivity index (χ3n) is 3.82. The van der Waals surface area contributed by atoms with Crippen molar-refractivity contribution in [3.05, 3.63) is 16.1 Å². The van der Waals surface area contributed by atoms with Crippen molar-refractivity contribution < 1.29 is 9.53 Å². The van der Waals surface area contributed by atoms with Crippen molar-refractivity contribution >= 4 is 17.2 Å². The summed E-state index contributed by atoms with van der Waals surface area (Å²) in [6.07, 6.45) is 2.97. The van der Waals surface area contributed by atoms with Crippen molar-refractivity contribution in [2.45, 2.75) is 39.8 Å². The lowest BCUT2D eigenvalue weighted by Gasteiger charge is -2.37. The Hall–Kier alpha value is -0.980. The minimum atomic E-state index is 0.000214. The van der Waals surface area contributed by atoms with Crippen molar-refractivity contribution in [2.24, 2.45) is 5.92 Å². The second-order valence-corrected chi connectivity index (χ2v) is 6.98. The first-order valence-corrected chi connectivity index (χ1v) is 8.41. The highest BCUT2D eigenvalue weighted by Gasteiger charge is 2.27. The van der Waals surface area contributed by atoms with E-state index in [0.29, 0.717) is 12.5 Å². The Kier molecular flexibility index (Phi) is 6.14. The van der Waals surface area contributed by atoms with Crippen LogP contribution in [0.3, 0.4) is 0 Å². The molecule has 1 aromatic rings. The van der Waals surface area contributed by atoms with Gasteiger partial charge in [-0.3, -0.25) is 9.69 Å². The van der Waals surface area contributed by atoms with Gasteiger partial charge in [0.25, 0.3) is 0 Å². The zero-order chi connectivity index (χ0) is 15.2. The number of piperidine rings is 1. The second kappa shape index (κ2) is 7.87. The van der Waals surface area contributed by atoms with E-state index < -0.39 is 0 Å². The molecule has 2 heterocycles. The largest absolute Gasteiger partial charge is 0.372 e. The zero-order valence-corrected chi connectivity index (χ0v) is 13.9. The summed E-state index contributed by atoms with van der Waals surface area (Å²) in [5.41, 5.74) is 0. The number of thiazole rings is 1. The standard InChI is InChI=1S/C15H25N3O2S/c1-4-20-10-15(19)17-14-5-6-18(8-11(14)2)9-13-7-16-12(3)21-13/h7,11,14H,4-6,8-10H2,1-3H3,(H,17,19)/t11-,14-/m1/s1. The van der Waals surface area contributed by atoms with E-state index >= 15 is 0 Å². The number of ether oxygens (including phenoxy) is 1. The van der Waals surface area contributed by atoms with Gasteiger partial charge in [-0.15, -0.1) is 11.3 Å². The smallest absolute Gasteiger partial charge is 0.246 e. The highest BCUT2D eigenvalue weighted by Crippen LogP contribution is 2.21. The summed E-state index contributed by atoms with van der Waals surface area (Å²) in [7, 11) is 0. The van der Waals surface area contributed by atoms with Crippen LogP contribution in [0.25, 0.3) is 0 Å². The normalized spacial score (nSPS) is 23.2. The fourth-order valence-electron chi connectivity index (χ4n) is 2.73.